The van der Waals surface area contributed by atoms with Gasteiger partial charge in [-0.3, -0.25) is 0 Å². The Morgan fingerprint density at radius 1 is 1.27 bits per heavy atom. The number of benzene rings is 1. The maximum atomic E-state index is 5.74. The summed E-state index contributed by atoms with van der Waals surface area (Å²) in [5, 5.41) is 2.20. The van der Waals surface area contributed by atoms with Crippen LogP contribution in [-0.4, -0.2) is 12.1 Å². The van der Waals surface area contributed by atoms with Gasteiger partial charge in [0.2, 0.25) is 5.88 Å². The highest BCUT2D eigenvalue weighted by Gasteiger charge is 1.98. The molecule has 1 heterocycles. The zero-order chi connectivity index (χ0) is 9.97. The van der Waals surface area contributed by atoms with Crippen molar-refractivity contribution in [2.45, 2.75) is 5.88 Å². The number of aromatic nitrogens is 1. The minimum Gasteiger partial charge on any atom is -0.481 e. The first kappa shape index (κ1) is 12.1. The second kappa shape index (κ2) is 5.19. The molecule has 80 valence electrons. The maximum Gasteiger partial charge on any atom is 0.213 e. The summed E-state index contributed by atoms with van der Waals surface area (Å²) in [4.78, 5) is 4.14. The van der Waals surface area contributed by atoms with Crippen LogP contribution in [0, 0.1) is 0 Å². The summed E-state index contributed by atoms with van der Waals surface area (Å²) >= 11 is 5.74. The van der Waals surface area contributed by atoms with Gasteiger partial charge in [-0.1, -0.05) is 12.1 Å². The highest BCUT2D eigenvalue weighted by atomic mass is 35.5. The molecule has 1 aromatic carbocycles. The number of pyridine rings is 1. The molecule has 1 aromatic heterocycles. The molecule has 0 aliphatic heterocycles. The quantitative estimate of drug-likeness (QED) is 0.755. The normalized spacial score (nSPS) is 9.73. The molecule has 0 bridgehead atoms. The van der Waals surface area contributed by atoms with Crippen molar-refractivity contribution >= 4 is 34.8 Å². The van der Waals surface area contributed by atoms with Gasteiger partial charge in [0.15, 0.2) is 0 Å². The fourth-order valence-corrected chi connectivity index (χ4v) is 1.53. The summed E-state index contributed by atoms with van der Waals surface area (Å²) < 4.78 is 5.04. The van der Waals surface area contributed by atoms with Gasteiger partial charge in [-0.2, -0.15) is 0 Å². The van der Waals surface area contributed by atoms with Gasteiger partial charge in [0.1, 0.15) is 0 Å². The minimum absolute atomic E-state index is 0. The molecule has 2 aromatic rings. The van der Waals surface area contributed by atoms with Gasteiger partial charge in [0.05, 0.1) is 7.11 Å². The summed E-state index contributed by atoms with van der Waals surface area (Å²) in [6.45, 7) is 0. The molecule has 15 heavy (non-hydrogen) atoms. The van der Waals surface area contributed by atoms with Crippen LogP contribution in [0.25, 0.3) is 10.8 Å². The Hall–Kier alpha value is -0.990. The van der Waals surface area contributed by atoms with E-state index in [1.165, 1.54) is 0 Å². The van der Waals surface area contributed by atoms with Crippen LogP contribution in [0.1, 0.15) is 5.56 Å². The molecular weight excluding hydrogens is 233 g/mol. The van der Waals surface area contributed by atoms with Crippen molar-refractivity contribution < 1.29 is 4.74 Å². The fraction of sp³-hybridized carbons (Fsp3) is 0.182. The molecule has 0 amide bonds. The van der Waals surface area contributed by atoms with E-state index >= 15 is 0 Å². The third-order valence-corrected chi connectivity index (χ3v) is 2.43. The molecule has 0 atom stereocenters. The van der Waals surface area contributed by atoms with Gasteiger partial charge in [-0.05, 0) is 17.0 Å². The largest absolute Gasteiger partial charge is 0.481 e. The fourth-order valence-electron chi connectivity index (χ4n) is 1.37. The number of methoxy groups -OCH3 is 1. The van der Waals surface area contributed by atoms with E-state index in [0.717, 1.165) is 16.3 Å². The number of halogens is 2. The zero-order valence-electron chi connectivity index (χ0n) is 8.24. The lowest BCUT2D eigenvalue weighted by Crippen LogP contribution is -1.87. The van der Waals surface area contributed by atoms with Crippen LogP contribution in [0.4, 0.5) is 0 Å². The van der Waals surface area contributed by atoms with Crippen molar-refractivity contribution in [2.75, 3.05) is 7.11 Å². The second-order valence-electron chi connectivity index (χ2n) is 3.04. The van der Waals surface area contributed by atoms with E-state index < -0.39 is 0 Å². The van der Waals surface area contributed by atoms with E-state index in [0.29, 0.717) is 11.8 Å². The first-order valence-corrected chi connectivity index (χ1v) is 4.85. The number of nitrogens with zero attached hydrogens (tertiary/aromatic N) is 1. The maximum absolute atomic E-state index is 5.74. The highest BCUT2D eigenvalue weighted by molar-refractivity contribution is 6.17. The average Bonchev–Trinajstić information content (AvgIpc) is 2.27. The lowest BCUT2D eigenvalue weighted by atomic mass is 10.1. The molecule has 0 aliphatic rings. The van der Waals surface area contributed by atoms with E-state index in [4.69, 9.17) is 16.3 Å². The Kier molecular flexibility index (Phi) is 4.18. The predicted molar refractivity (Wildman–Crippen MR) is 65.1 cm³/mol. The van der Waals surface area contributed by atoms with Gasteiger partial charge in [0.25, 0.3) is 0 Å². The molecule has 0 spiro atoms. The molecule has 0 N–H and O–H groups in total. The van der Waals surface area contributed by atoms with E-state index in [-0.39, 0.29) is 12.4 Å². The van der Waals surface area contributed by atoms with Crippen LogP contribution in [0.15, 0.2) is 30.5 Å². The lowest BCUT2D eigenvalue weighted by Gasteiger charge is -2.02. The smallest absolute Gasteiger partial charge is 0.213 e. The second-order valence-corrected chi connectivity index (χ2v) is 3.31. The van der Waals surface area contributed by atoms with Crippen molar-refractivity contribution in [3.8, 4) is 5.88 Å². The van der Waals surface area contributed by atoms with Crippen molar-refractivity contribution in [3.63, 3.8) is 0 Å². The van der Waals surface area contributed by atoms with Gasteiger partial charge < -0.3 is 4.74 Å². The number of hydrogen-bond donors (Lipinski definition) is 0. The van der Waals surface area contributed by atoms with Crippen LogP contribution >= 0.6 is 24.0 Å². The Morgan fingerprint density at radius 2 is 2.07 bits per heavy atom. The van der Waals surface area contributed by atoms with Crippen molar-refractivity contribution in [3.05, 3.63) is 36.0 Å². The number of alkyl halides is 1. The molecule has 0 unspecified atom stereocenters. The summed E-state index contributed by atoms with van der Waals surface area (Å²) in [5.41, 5.74) is 1.10. The van der Waals surface area contributed by atoms with E-state index in [1.54, 1.807) is 13.3 Å². The van der Waals surface area contributed by atoms with Crippen LogP contribution in [0.5, 0.6) is 5.88 Å². The van der Waals surface area contributed by atoms with Crippen LogP contribution in [-0.2, 0) is 5.88 Å². The first-order valence-electron chi connectivity index (χ1n) is 4.32. The standard InChI is InChI=1S/C11H10ClNO.ClH/c1-14-11-5-9-3-2-8(6-12)4-10(9)7-13-11;/h2-5,7H,6H2,1H3;1H. The molecule has 0 radical (unpaired) electrons. The van der Waals surface area contributed by atoms with Crippen LogP contribution in [0.3, 0.4) is 0 Å². The first-order chi connectivity index (χ1) is 6.83. The van der Waals surface area contributed by atoms with Crippen molar-refractivity contribution in [1.82, 2.24) is 4.98 Å². The highest BCUT2D eigenvalue weighted by Crippen LogP contribution is 2.19. The van der Waals surface area contributed by atoms with E-state index in [1.807, 2.05) is 24.3 Å². The van der Waals surface area contributed by atoms with Gasteiger partial charge >= 0.3 is 0 Å². The molecule has 2 rings (SSSR count). The lowest BCUT2D eigenvalue weighted by molar-refractivity contribution is 0.399. The number of fused-ring (bicyclic) bond motifs is 1. The van der Waals surface area contributed by atoms with Crippen LogP contribution in [0.2, 0.25) is 0 Å². The van der Waals surface area contributed by atoms with Gasteiger partial charge in [0, 0.05) is 23.5 Å². The molecular formula is C11H11Cl2NO. The monoisotopic (exact) mass is 243 g/mol. The number of ether oxygens (including phenoxy) is 1. The summed E-state index contributed by atoms with van der Waals surface area (Å²) in [7, 11) is 1.61. The summed E-state index contributed by atoms with van der Waals surface area (Å²) in [5.74, 6) is 1.17. The molecule has 0 fully saturated rings. The predicted octanol–water partition coefficient (Wildman–Crippen LogP) is 3.40. The minimum atomic E-state index is 0. The molecule has 0 aliphatic carbocycles. The Labute approximate surface area is 99.6 Å². The third kappa shape index (κ3) is 2.52. The van der Waals surface area contributed by atoms with Crippen molar-refractivity contribution in [1.29, 1.82) is 0 Å². The Morgan fingerprint density at radius 3 is 2.73 bits per heavy atom. The van der Waals surface area contributed by atoms with Crippen molar-refractivity contribution in [2.24, 2.45) is 0 Å². The molecule has 4 heteroatoms. The number of hydrogen-bond acceptors (Lipinski definition) is 2. The zero-order valence-corrected chi connectivity index (χ0v) is 9.81. The van der Waals surface area contributed by atoms with Gasteiger partial charge in [-0.25, -0.2) is 4.98 Å². The van der Waals surface area contributed by atoms with Gasteiger partial charge in [-0.15, -0.1) is 24.0 Å². The molecule has 2 nitrogen and oxygen atoms in total. The summed E-state index contributed by atoms with van der Waals surface area (Å²) in [6.07, 6.45) is 1.80. The SMILES string of the molecule is COc1cc2ccc(CCl)cc2cn1.Cl. The number of rotatable bonds is 2. The Balaban J connectivity index is 0.00000112. The van der Waals surface area contributed by atoms with Crippen LogP contribution < -0.4 is 4.74 Å². The summed E-state index contributed by atoms with van der Waals surface area (Å²) in [6, 6.07) is 7.98. The molecule has 0 saturated carbocycles. The average molecular weight is 244 g/mol. The Bertz CT molecular complexity index is 416. The molecule has 0 saturated heterocycles. The topological polar surface area (TPSA) is 22.1 Å². The van der Waals surface area contributed by atoms with E-state index in [2.05, 4.69) is 4.98 Å². The van der Waals surface area contributed by atoms with E-state index in [9.17, 15) is 0 Å². The third-order valence-electron chi connectivity index (χ3n) is 2.12.